The molecule has 1 amide bonds. The molecule has 4 heteroatoms. The lowest BCUT2D eigenvalue weighted by Crippen LogP contribution is -2.15. The molecule has 2 N–H and O–H groups in total. The van der Waals surface area contributed by atoms with E-state index in [9.17, 15) is 9.90 Å². The van der Waals surface area contributed by atoms with E-state index >= 15 is 0 Å². The van der Waals surface area contributed by atoms with Gasteiger partial charge in [-0.05, 0) is 17.5 Å². The molecule has 4 nitrogen and oxygen atoms in total. The highest BCUT2D eigenvalue weighted by atomic mass is 16.3. The van der Waals surface area contributed by atoms with Gasteiger partial charge in [0.25, 0.3) is 0 Å². The number of anilines is 1. The van der Waals surface area contributed by atoms with Crippen LogP contribution in [0.25, 0.3) is 0 Å². The Morgan fingerprint density at radius 3 is 2.75 bits per heavy atom. The minimum atomic E-state index is -0.119. The van der Waals surface area contributed by atoms with E-state index in [1.807, 2.05) is 37.3 Å². The quantitative estimate of drug-likeness (QED) is 0.878. The number of pyridine rings is 1. The number of amides is 1. The van der Waals surface area contributed by atoms with Crippen molar-refractivity contribution in [3.63, 3.8) is 0 Å². The molecule has 1 aromatic carbocycles. The van der Waals surface area contributed by atoms with Crippen LogP contribution in [0.15, 0.2) is 48.8 Å². The van der Waals surface area contributed by atoms with Crippen molar-refractivity contribution >= 4 is 11.6 Å². The molecule has 0 radical (unpaired) electrons. The van der Waals surface area contributed by atoms with Gasteiger partial charge in [0.1, 0.15) is 0 Å². The Morgan fingerprint density at radius 1 is 1.30 bits per heavy atom. The smallest absolute Gasteiger partial charge is 0.225 e. The zero-order valence-corrected chi connectivity index (χ0v) is 11.4. The van der Waals surface area contributed by atoms with Crippen molar-refractivity contribution in [3.05, 3.63) is 59.9 Å². The monoisotopic (exact) mass is 270 g/mol. The number of nitrogens with one attached hydrogen (secondary N) is 1. The summed E-state index contributed by atoms with van der Waals surface area (Å²) in [6.07, 6.45) is 3.54. The molecule has 1 aromatic heterocycles. The van der Waals surface area contributed by atoms with Crippen molar-refractivity contribution in [1.29, 1.82) is 0 Å². The highest BCUT2D eigenvalue weighted by Gasteiger charge is 2.12. The summed E-state index contributed by atoms with van der Waals surface area (Å²) in [5.74, 6) is 0.0644. The fraction of sp³-hybridized carbons (Fsp3) is 0.250. The number of carbonyl (C=O) groups is 1. The van der Waals surface area contributed by atoms with Crippen molar-refractivity contribution in [2.24, 2.45) is 0 Å². The van der Waals surface area contributed by atoms with Crippen LogP contribution in [0.5, 0.6) is 0 Å². The maximum atomic E-state index is 12.0. The second-order valence-corrected chi connectivity index (χ2v) is 4.75. The molecule has 1 heterocycles. The largest absolute Gasteiger partial charge is 0.392 e. The summed E-state index contributed by atoms with van der Waals surface area (Å²) in [6.45, 7) is 1.90. The van der Waals surface area contributed by atoms with Gasteiger partial charge in [-0.25, -0.2) is 0 Å². The third kappa shape index (κ3) is 3.65. The summed E-state index contributed by atoms with van der Waals surface area (Å²) in [4.78, 5) is 16.0. The van der Waals surface area contributed by atoms with Gasteiger partial charge in [0.15, 0.2) is 0 Å². The van der Waals surface area contributed by atoms with Gasteiger partial charge < -0.3 is 10.4 Å². The average molecular weight is 270 g/mol. The lowest BCUT2D eigenvalue weighted by Gasteiger charge is -2.13. The molecular weight excluding hydrogens is 252 g/mol. The van der Waals surface area contributed by atoms with E-state index in [0.717, 1.165) is 5.56 Å². The molecule has 0 fully saturated rings. The Kier molecular flexibility index (Phi) is 4.85. The van der Waals surface area contributed by atoms with Gasteiger partial charge in [0.05, 0.1) is 18.5 Å². The van der Waals surface area contributed by atoms with Gasteiger partial charge in [-0.15, -0.1) is 0 Å². The number of aliphatic hydroxyl groups excluding tert-OH is 1. The van der Waals surface area contributed by atoms with E-state index in [1.165, 1.54) is 0 Å². The Hall–Kier alpha value is -2.20. The molecule has 0 bridgehead atoms. The molecular formula is C16H18N2O2. The number of hydrogen-bond donors (Lipinski definition) is 2. The van der Waals surface area contributed by atoms with Crippen LogP contribution in [0.4, 0.5) is 5.69 Å². The standard InChI is InChI=1S/C16H18N2O2/c1-12(13-5-3-2-4-6-13)9-16(20)18-15-10-17-8-7-14(15)11-19/h2-8,10,12,19H,9,11H2,1H3,(H,18,20). The zero-order chi connectivity index (χ0) is 14.4. The summed E-state index contributed by atoms with van der Waals surface area (Å²) < 4.78 is 0. The van der Waals surface area contributed by atoms with Crippen LogP contribution < -0.4 is 5.32 Å². The van der Waals surface area contributed by atoms with Crippen LogP contribution >= 0.6 is 0 Å². The van der Waals surface area contributed by atoms with E-state index in [-0.39, 0.29) is 18.4 Å². The minimum Gasteiger partial charge on any atom is -0.392 e. The number of aliphatic hydroxyl groups is 1. The van der Waals surface area contributed by atoms with Crippen molar-refractivity contribution in [2.45, 2.75) is 25.9 Å². The van der Waals surface area contributed by atoms with Gasteiger partial charge in [-0.3, -0.25) is 9.78 Å². The van der Waals surface area contributed by atoms with Crippen molar-refractivity contribution in [2.75, 3.05) is 5.32 Å². The number of hydrogen-bond acceptors (Lipinski definition) is 3. The maximum absolute atomic E-state index is 12.0. The summed E-state index contributed by atoms with van der Waals surface area (Å²) in [6, 6.07) is 11.6. The van der Waals surface area contributed by atoms with E-state index in [1.54, 1.807) is 18.5 Å². The molecule has 20 heavy (non-hydrogen) atoms. The van der Waals surface area contributed by atoms with Gasteiger partial charge in [-0.1, -0.05) is 37.3 Å². The first-order valence-electron chi connectivity index (χ1n) is 6.59. The molecule has 2 rings (SSSR count). The van der Waals surface area contributed by atoms with Crippen LogP contribution in [0.3, 0.4) is 0 Å². The topological polar surface area (TPSA) is 62.2 Å². The molecule has 1 atom stereocenters. The lowest BCUT2D eigenvalue weighted by atomic mass is 9.97. The highest BCUT2D eigenvalue weighted by Crippen LogP contribution is 2.20. The van der Waals surface area contributed by atoms with Gasteiger partial charge >= 0.3 is 0 Å². The Labute approximate surface area is 118 Å². The Morgan fingerprint density at radius 2 is 2.05 bits per heavy atom. The Bertz CT molecular complexity index is 570. The zero-order valence-electron chi connectivity index (χ0n) is 11.4. The lowest BCUT2D eigenvalue weighted by molar-refractivity contribution is -0.116. The SMILES string of the molecule is CC(CC(=O)Nc1cnccc1CO)c1ccccc1. The Balaban J connectivity index is 1.99. The summed E-state index contributed by atoms with van der Waals surface area (Å²) in [5, 5.41) is 12.0. The van der Waals surface area contributed by atoms with Crippen molar-refractivity contribution in [3.8, 4) is 0 Å². The number of carbonyl (C=O) groups excluding carboxylic acids is 1. The predicted octanol–water partition coefficient (Wildman–Crippen LogP) is 2.71. The van der Waals surface area contributed by atoms with Crippen LogP contribution in [-0.4, -0.2) is 16.0 Å². The predicted molar refractivity (Wildman–Crippen MR) is 78.3 cm³/mol. The molecule has 1 unspecified atom stereocenters. The number of aromatic nitrogens is 1. The van der Waals surface area contributed by atoms with Crippen LogP contribution in [0.2, 0.25) is 0 Å². The summed E-state index contributed by atoms with van der Waals surface area (Å²) in [7, 11) is 0. The van der Waals surface area contributed by atoms with Crippen LogP contribution in [-0.2, 0) is 11.4 Å². The molecule has 0 aliphatic rings. The van der Waals surface area contributed by atoms with Gasteiger partial charge in [0.2, 0.25) is 5.91 Å². The second-order valence-electron chi connectivity index (χ2n) is 4.75. The number of nitrogens with zero attached hydrogens (tertiary/aromatic N) is 1. The van der Waals surface area contributed by atoms with Gasteiger partial charge in [0, 0.05) is 18.2 Å². The number of benzene rings is 1. The van der Waals surface area contributed by atoms with Gasteiger partial charge in [-0.2, -0.15) is 0 Å². The fourth-order valence-corrected chi connectivity index (χ4v) is 2.05. The average Bonchev–Trinajstić information content (AvgIpc) is 2.48. The first-order chi connectivity index (χ1) is 9.70. The first-order valence-corrected chi connectivity index (χ1v) is 6.59. The normalized spacial score (nSPS) is 11.9. The molecule has 2 aromatic rings. The third-order valence-electron chi connectivity index (χ3n) is 3.22. The molecule has 104 valence electrons. The summed E-state index contributed by atoms with van der Waals surface area (Å²) >= 11 is 0. The van der Waals surface area contributed by atoms with Crippen LogP contribution in [0, 0.1) is 0 Å². The maximum Gasteiger partial charge on any atom is 0.225 e. The third-order valence-corrected chi connectivity index (χ3v) is 3.22. The molecule has 0 aliphatic carbocycles. The first kappa shape index (κ1) is 14.2. The highest BCUT2D eigenvalue weighted by molar-refractivity contribution is 5.91. The van der Waals surface area contributed by atoms with E-state index in [0.29, 0.717) is 17.7 Å². The molecule has 0 aliphatic heterocycles. The fourth-order valence-electron chi connectivity index (χ4n) is 2.05. The summed E-state index contributed by atoms with van der Waals surface area (Å²) in [5.41, 5.74) is 2.37. The van der Waals surface area contributed by atoms with Crippen LogP contribution in [0.1, 0.15) is 30.4 Å². The molecule has 0 spiro atoms. The van der Waals surface area contributed by atoms with Crippen molar-refractivity contribution < 1.29 is 9.90 Å². The molecule has 0 saturated heterocycles. The van der Waals surface area contributed by atoms with E-state index in [2.05, 4.69) is 10.3 Å². The molecule has 0 saturated carbocycles. The number of rotatable bonds is 5. The van der Waals surface area contributed by atoms with E-state index < -0.39 is 0 Å². The van der Waals surface area contributed by atoms with E-state index in [4.69, 9.17) is 0 Å². The second kappa shape index (κ2) is 6.82. The van der Waals surface area contributed by atoms with Crippen molar-refractivity contribution in [1.82, 2.24) is 4.98 Å². The minimum absolute atomic E-state index is 0.0796.